The van der Waals surface area contributed by atoms with Crippen LogP contribution >= 0.6 is 0 Å². The standard InChI is InChI=1S/C18H24O5/c1-20-13-22-16-11-10-15(23-17(16)12-18(19)21-2)9-8-14-6-4-3-5-7-14/h3-9,15-17H,10-13H2,1-2H3/b9-8+/t15-,16-,17-/m0/s1. The van der Waals surface area contributed by atoms with Crippen LogP contribution in [0.15, 0.2) is 36.4 Å². The quantitative estimate of drug-likeness (QED) is 0.571. The summed E-state index contributed by atoms with van der Waals surface area (Å²) in [6, 6.07) is 10.1. The number of carbonyl (C=O) groups is 1. The van der Waals surface area contributed by atoms with Crippen LogP contribution in [0.5, 0.6) is 0 Å². The number of benzene rings is 1. The van der Waals surface area contributed by atoms with Crippen molar-refractivity contribution in [2.75, 3.05) is 21.0 Å². The molecular weight excluding hydrogens is 296 g/mol. The largest absolute Gasteiger partial charge is 0.469 e. The van der Waals surface area contributed by atoms with Crippen molar-refractivity contribution in [2.24, 2.45) is 0 Å². The van der Waals surface area contributed by atoms with Crippen molar-refractivity contribution in [3.8, 4) is 0 Å². The van der Waals surface area contributed by atoms with Gasteiger partial charge in [-0.1, -0.05) is 42.5 Å². The summed E-state index contributed by atoms with van der Waals surface area (Å²) in [6.45, 7) is 0.191. The highest BCUT2D eigenvalue weighted by Crippen LogP contribution is 2.26. The van der Waals surface area contributed by atoms with Crippen LogP contribution in [0.3, 0.4) is 0 Å². The Morgan fingerprint density at radius 2 is 2.04 bits per heavy atom. The lowest BCUT2D eigenvalue weighted by molar-refractivity contribution is -0.174. The number of esters is 1. The Kier molecular flexibility index (Phi) is 7.26. The molecule has 0 radical (unpaired) electrons. The predicted octanol–water partition coefficient (Wildman–Crippen LogP) is 2.80. The lowest BCUT2D eigenvalue weighted by Crippen LogP contribution is -2.41. The molecule has 0 saturated carbocycles. The molecule has 0 amide bonds. The molecule has 1 fully saturated rings. The van der Waals surface area contributed by atoms with Gasteiger partial charge in [-0.3, -0.25) is 4.79 Å². The summed E-state index contributed by atoms with van der Waals surface area (Å²) in [5.41, 5.74) is 1.12. The second-order valence-electron chi connectivity index (χ2n) is 5.45. The van der Waals surface area contributed by atoms with E-state index in [9.17, 15) is 4.79 Å². The summed E-state index contributed by atoms with van der Waals surface area (Å²) in [4.78, 5) is 11.6. The van der Waals surface area contributed by atoms with E-state index in [1.54, 1.807) is 7.11 Å². The van der Waals surface area contributed by atoms with Crippen molar-refractivity contribution < 1.29 is 23.7 Å². The zero-order valence-corrected chi connectivity index (χ0v) is 13.6. The Bertz CT molecular complexity index is 499. The lowest BCUT2D eigenvalue weighted by atomic mass is 9.98. The molecule has 2 rings (SSSR count). The summed E-state index contributed by atoms with van der Waals surface area (Å²) in [6.07, 6.45) is 5.40. The fourth-order valence-electron chi connectivity index (χ4n) is 2.59. The van der Waals surface area contributed by atoms with Crippen molar-refractivity contribution in [2.45, 2.75) is 37.6 Å². The first kappa shape index (κ1) is 17.7. The van der Waals surface area contributed by atoms with Gasteiger partial charge in [0.1, 0.15) is 6.79 Å². The number of methoxy groups -OCH3 is 2. The third kappa shape index (κ3) is 5.78. The highest BCUT2D eigenvalue weighted by molar-refractivity contribution is 5.69. The van der Waals surface area contributed by atoms with E-state index in [4.69, 9.17) is 18.9 Å². The van der Waals surface area contributed by atoms with Crippen molar-refractivity contribution in [3.05, 3.63) is 42.0 Å². The van der Waals surface area contributed by atoms with Crippen molar-refractivity contribution >= 4 is 12.0 Å². The molecule has 1 aromatic carbocycles. The van der Waals surface area contributed by atoms with Crippen LogP contribution in [-0.2, 0) is 23.7 Å². The molecule has 1 aliphatic heterocycles. The molecule has 0 aliphatic carbocycles. The molecular formula is C18H24O5. The Hall–Kier alpha value is -1.69. The van der Waals surface area contributed by atoms with E-state index in [0.717, 1.165) is 18.4 Å². The Balaban J connectivity index is 1.96. The molecule has 1 saturated heterocycles. The maximum absolute atomic E-state index is 11.6. The average molecular weight is 320 g/mol. The van der Waals surface area contributed by atoms with E-state index in [0.29, 0.717) is 0 Å². The van der Waals surface area contributed by atoms with Gasteiger partial charge >= 0.3 is 5.97 Å². The minimum Gasteiger partial charge on any atom is -0.469 e. The zero-order chi connectivity index (χ0) is 16.5. The molecule has 1 aromatic rings. The molecule has 3 atom stereocenters. The van der Waals surface area contributed by atoms with Crippen LogP contribution in [0.25, 0.3) is 6.08 Å². The second-order valence-corrected chi connectivity index (χ2v) is 5.45. The fraction of sp³-hybridized carbons (Fsp3) is 0.500. The maximum atomic E-state index is 11.6. The number of ether oxygens (including phenoxy) is 4. The van der Waals surface area contributed by atoms with Crippen LogP contribution in [0.1, 0.15) is 24.8 Å². The van der Waals surface area contributed by atoms with Crippen molar-refractivity contribution in [3.63, 3.8) is 0 Å². The molecule has 5 nitrogen and oxygen atoms in total. The number of rotatable bonds is 7. The summed E-state index contributed by atoms with van der Waals surface area (Å²) in [7, 11) is 2.95. The number of hydrogen-bond donors (Lipinski definition) is 0. The Morgan fingerprint density at radius 3 is 2.74 bits per heavy atom. The van der Waals surface area contributed by atoms with E-state index >= 15 is 0 Å². The maximum Gasteiger partial charge on any atom is 0.308 e. The molecule has 1 heterocycles. The molecule has 0 spiro atoms. The van der Waals surface area contributed by atoms with E-state index in [1.807, 2.05) is 42.5 Å². The molecule has 0 bridgehead atoms. The van der Waals surface area contributed by atoms with Crippen LogP contribution in [0.4, 0.5) is 0 Å². The first-order chi connectivity index (χ1) is 11.2. The summed E-state index contributed by atoms with van der Waals surface area (Å²) in [5, 5.41) is 0. The normalized spacial score (nSPS) is 24.7. The van der Waals surface area contributed by atoms with Crippen LogP contribution < -0.4 is 0 Å². The summed E-state index contributed by atoms with van der Waals surface area (Å²) < 4.78 is 21.3. The second kappa shape index (κ2) is 9.45. The molecule has 0 N–H and O–H groups in total. The molecule has 23 heavy (non-hydrogen) atoms. The highest BCUT2D eigenvalue weighted by Gasteiger charge is 2.33. The topological polar surface area (TPSA) is 54.0 Å². The monoisotopic (exact) mass is 320 g/mol. The average Bonchev–Trinajstić information content (AvgIpc) is 2.60. The third-order valence-corrected chi connectivity index (χ3v) is 3.80. The van der Waals surface area contributed by atoms with Gasteiger partial charge in [0.25, 0.3) is 0 Å². The smallest absolute Gasteiger partial charge is 0.308 e. The van der Waals surface area contributed by atoms with E-state index < -0.39 is 0 Å². The predicted molar refractivity (Wildman–Crippen MR) is 86.8 cm³/mol. The van der Waals surface area contributed by atoms with Crippen molar-refractivity contribution in [1.29, 1.82) is 0 Å². The van der Waals surface area contributed by atoms with Crippen LogP contribution in [0.2, 0.25) is 0 Å². The lowest BCUT2D eigenvalue weighted by Gasteiger charge is -2.34. The van der Waals surface area contributed by atoms with Gasteiger partial charge in [0.05, 0.1) is 31.8 Å². The molecule has 126 valence electrons. The van der Waals surface area contributed by atoms with Gasteiger partial charge < -0.3 is 18.9 Å². The number of carbonyl (C=O) groups excluding carboxylic acids is 1. The first-order valence-corrected chi connectivity index (χ1v) is 7.79. The molecule has 1 aliphatic rings. The van der Waals surface area contributed by atoms with Crippen LogP contribution in [-0.4, -0.2) is 45.3 Å². The fourth-order valence-corrected chi connectivity index (χ4v) is 2.59. The van der Waals surface area contributed by atoms with Gasteiger partial charge in [0.2, 0.25) is 0 Å². The first-order valence-electron chi connectivity index (χ1n) is 7.79. The summed E-state index contributed by atoms with van der Waals surface area (Å²) >= 11 is 0. The van der Waals surface area contributed by atoms with Gasteiger partial charge in [0, 0.05) is 7.11 Å². The SMILES string of the molecule is COCO[C@H]1CC[C@H](/C=C/c2ccccc2)O[C@H]1CC(=O)OC. The van der Waals surface area contributed by atoms with E-state index in [1.165, 1.54) is 7.11 Å². The minimum atomic E-state index is -0.322. The summed E-state index contributed by atoms with van der Waals surface area (Å²) in [5.74, 6) is -0.297. The molecule has 5 heteroatoms. The van der Waals surface area contributed by atoms with Gasteiger partial charge in [-0.25, -0.2) is 0 Å². The zero-order valence-electron chi connectivity index (χ0n) is 13.6. The molecule has 0 aromatic heterocycles. The third-order valence-electron chi connectivity index (χ3n) is 3.80. The Labute approximate surface area is 137 Å². The van der Waals surface area contributed by atoms with E-state index in [2.05, 4.69) is 0 Å². The molecule has 0 unspecified atom stereocenters. The Morgan fingerprint density at radius 1 is 1.26 bits per heavy atom. The van der Waals surface area contributed by atoms with Gasteiger partial charge in [-0.2, -0.15) is 0 Å². The minimum absolute atomic E-state index is 0.0349. The van der Waals surface area contributed by atoms with Gasteiger partial charge in [0.15, 0.2) is 0 Å². The van der Waals surface area contributed by atoms with E-state index in [-0.39, 0.29) is 37.5 Å². The number of hydrogen-bond acceptors (Lipinski definition) is 5. The highest BCUT2D eigenvalue weighted by atomic mass is 16.7. The van der Waals surface area contributed by atoms with Crippen molar-refractivity contribution in [1.82, 2.24) is 0 Å². The van der Waals surface area contributed by atoms with Gasteiger partial charge in [-0.15, -0.1) is 0 Å². The van der Waals surface area contributed by atoms with Gasteiger partial charge in [-0.05, 0) is 18.4 Å². The van der Waals surface area contributed by atoms with Crippen LogP contribution in [0, 0.1) is 0 Å².